The summed E-state index contributed by atoms with van der Waals surface area (Å²) in [6, 6.07) is 0.746. The minimum Gasteiger partial charge on any atom is -0.378 e. The molecule has 1 aliphatic carbocycles. The molecule has 2 aliphatic rings. The number of rotatable bonds is 6. The molecule has 1 aliphatic heterocycles. The molecule has 2 heterocycles. The summed E-state index contributed by atoms with van der Waals surface area (Å²) >= 11 is 3.76. The van der Waals surface area contributed by atoms with E-state index < -0.39 is 0 Å². The Kier molecular flexibility index (Phi) is 4.44. The Balaban J connectivity index is 1.82. The van der Waals surface area contributed by atoms with Gasteiger partial charge in [0.15, 0.2) is 0 Å². The fourth-order valence-corrected chi connectivity index (χ4v) is 4.08. The largest absolute Gasteiger partial charge is 0.378 e. The third kappa shape index (κ3) is 3.06. The zero-order valence-electron chi connectivity index (χ0n) is 13.3. The zero-order chi connectivity index (χ0) is 15.0. The van der Waals surface area contributed by atoms with Crippen LogP contribution in [0.4, 0.5) is 0 Å². The van der Waals surface area contributed by atoms with Gasteiger partial charge in [0.1, 0.15) is 0 Å². The van der Waals surface area contributed by atoms with E-state index in [1.807, 2.05) is 4.68 Å². The topological polar surface area (TPSA) is 39.1 Å². The average Bonchev–Trinajstić information content (AvgIpc) is 3.18. The van der Waals surface area contributed by atoms with Gasteiger partial charge >= 0.3 is 0 Å². The second kappa shape index (κ2) is 6.01. The van der Waals surface area contributed by atoms with Gasteiger partial charge < -0.3 is 10.1 Å². The van der Waals surface area contributed by atoms with Crippen LogP contribution in [0, 0.1) is 5.41 Å². The molecule has 0 aromatic carbocycles. The van der Waals surface area contributed by atoms with E-state index in [0.29, 0.717) is 6.10 Å². The van der Waals surface area contributed by atoms with Gasteiger partial charge in [-0.15, -0.1) is 0 Å². The molecule has 5 heteroatoms. The van der Waals surface area contributed by atoms with E-state index in [2.05, 4.69) is 47.2 Å². The van der Waals surface area contributed by atoms with Crippen LogP contribution in [0.5, 0.6) is 0 Å². The lowest BCUT2D eigenvalue weighted by atomic mass is 9.77. The molecule has 4 nitrogen and oxygen atoms in total. The normalized spacial score (nSPS) is 29.2. The summed E-state index contributed by atoms with van der Waals surface area (Å²) in [6.45, 7) is 6.32. The van der Waals surface area contributed by atoms with Crippen molar-refractivity contribution in [2.45, 2.75) is 58.1 Å². The Morgan fingerprint density at radius 1 is 1.48 bits per heavy atom. The molecule has 0 bridgehead atoms. The smallest absolute Gasteiger partial charge is 0.0766 e. The molecule has 2 unspecified atom stereocenters. The van der Waals surface area contributed by atoms with Crippen molar-refractivity contribution >= 4 is 15.9 Å². The second-order valence-electron chi connectivity index (χ2n) is 6.64. The molecule has 0 spiro atoms. The Bertz CT molecular complexity index is 512. The van der Waals surface area contributed by atoms with Crippen molar-refractivity contribution in [2.75, 3.05) is 13.2 Å². The Morgan fingerprint density at radius 2 is 2.24 bits per heavy atom. The van der Waals surface area contributed by atoms with Crippen molar-refractivity contribution in [3.63, 3.8) is 0 Å². The van der Waals surface area contributed by atoms with E-state index in [1.54, 1.807) is 0 Å². The van der Waals surface area contributed by atoms with E-state index in [4.69, 9.17) is 4.74 Å². The standard InChI is InChI=1S/C16H26BrN3O/c1-4-13-15(17)14(20(3)19-13)9-16(7-8-21-11(16)2)10-18-12-5-6-12/h11-12,18H,4-10H2,1-3H3. The number of hydrogen-bond donors (Lipinski definition) is 1. The van der Waals surface area contributed by atoms with Crippen molar-refractivity contribution in [1.82, 2.24) is 15.1 Å². The Labute approximate surface area is 135 Å². The maximum atomic E-state index is 5.92. The number of nitrogens with one attached hydrogen (secondary N) is 1. The van der Waals surface area contributed by atoms with Crippen LogP contribution in [0.3, 0.4) is 0 Å². The predicted molar refractivity (Wildman–Crippen MR) is 87.5 cm³/mol. The number of aryl methyl sites for hydroxylation is 2. The van der Waals surface area contributed by atoms with E-state index in [0.717, 1.165) is 44.1 Å². The molecule has 1 saturated heterocycles. The van der Waals surface area contributed by atoms with Crippen molar-refractivity contribution in [3.05, 3.63) is 15.9 Å². The quantitative estimate of drug-likeness (QED) is 0.852. The van der Waals surface area contributed by atoms with Crippen LogP contribution in [0.2, 0.25) is 0 Å². The molecular formula is C16H26BrN3O. The van der Waals surface area contributed by atoms with Gasteiger partial charge in [0.05, 0.1) is 22.0 Å². The van der Waals surface area contributed by atoms with Crippen LogP contribution in [0.1, 0.15) is 44.5 Å². The van der Waals surface area contributed by atoms with E-state index in [-0.39, 0.29) is 5.41 Å². The fourth-order valence-electron chi connectivity index (χ4n) is 3.33. The molecule has 1 aromatic rings. The number of ether oxygens (including phenoxy) is 1. The first-order chi connectivity index (χ1) is 10.1. The van der Waals surface area contributed by atoms with Gasteiger partial charge in [-0.25, -0.2) is 0 Å². The van der Waals surface area contributed by atoms with Gasteiger partial charge in [0, 0.05) is 31.7 Å². The Morgan fingerprint density at radius 3 is 2.76 bits per heavy atom. The monoisotopic (exact) mass is 355 g/mol. The van der Waals surface area contributed by atoms with Gasteiger partial charge in [-0.1, -0.05) is 6.92 Å². The Hall–Kier alpha value is -0.390. The van der Waals surface area contributed by atoms with Gasteiger partial charge in [-0.05, 0) is 55.0 Å². The first-order valence-corrected chi connectivity index (χ1v) is 8.90. The summed E-state index contributed by atoms with van der Waals surface area (Å²) in [5.74, 6) is 0. The molecule has 0 amide bonds. The summed E-state index contributed by atoms with van der Waals surface area (Å²) in [5.41, 5.74) is 2.66. The second-order valence-corrected chi connectivity index (χ2v) is 7.43. The summed E-state index contributed by atoms with van der Waals surface area (Å²) in [4.78, 5) is 0. The molecule has 1 aromatic heterocycles. The number of halogens is 1. The van der Waals surface area contributed by atoms with Crippen LogP contribution >= 0.6 is 15.9 Å². The van der Waals surface area contributed by atoms with Crippen molar-refractivity contribution in [2.24, 2.45) is 12.5 Å². The molecule has 21 heavy (non-hydrogen) atoms. The lowest BCUT2D eigenvalue weighted by Gasteiger charge is -2.33. The van der Waals surface area contributed by atoms with Gasteiger partial charge in [0.2, 0.25) is 0 Å². The lowest BCUT2D eigenvalue weighted by molar-refractivity contribution is 0.0618. The third-order valence-corrected chi connectivity index (χ3v) is 6.09. The molecule has 0 radical (unpaired) electrons. The van der Waals surface area contributed by atoms with E-state index in [9.17, 15) is 0 Å². The first kappa shape index (κ1) is 15.5. The molecule has 118 valence electrons. The van der Waals surface area contributed by atoms with Crippen LogP contribution in [-0.2, 0) is 24.6 Å². The summed E-state index contributed by atoms with van der Waals surface area (Å²) in [5, 5.41) is 8.37. The highest BCUT2D eigenvalue weighted by Gasteiger charge is 2.43. The van der Waals surface area contributed by atoms with Crippen LogP contribution in [0.25, 0.3) is 0 Å². The zero-order valence-corrected chi connectivity index (χ0v) is 14.9. The van der Waals surface area contributed by atoms with Crippen LogP contribution < -0.4 is 5.32 Å². The fraction of sp³-hybridized carbons (Fsp3) is 0.812. The van der Waals surface area contributed by atoms with Crippen LogP contribution in [-0.4, -0.2) is 35.1 Å². The summed E-state index contributed by atoms with van der Waals surface area (Å²) in [6.07, 6.45) is 6.09. The minimum atomic E-state index is 0.198. The SMILES string of the molecule is CCc1nn(C)c(CC2(CNC3CC3)CCOC2C)c1Br. The maximum absolute atomic E-state index is 5.92. The third-order valence-electron chi connectivity index (χ3n) is 5.17. The highest BCUT2D eigenvalue weighted by molar-refractivity contribution is 9.10. The van der Waals surface area contributed by atoms with Crippen LogP contribution in [0.15, 0.2) is 4.47 Å². The van der Waals surface area contributed by atoms with Crippen molar-refractivity contribution in [1.29, 1.82) is 0 Å². The molecule has 1 saturated carbocycles. The highest BCUT2D eigenvalue weighted by Crippen LogP contribution is 2.40. The first-order valence-electron chi connectivity index (χ1n) is 8.11. The number of nitrogens with zero attached hydrogens (tertiary/aromatic N) is 2. The highest BCUT2D eigenvalue weighted by atomic mass is 79.9. The average molecular weight is 356 g/mol. The van der Waals surface area contributed by atoms with Crippen molar-refractivity contribution in [3.8, 4) is 0 Å². The maximum Gasteiger partial charge on any atom is 0.0766 e. The number of aromatic nitrogens is 2. The lowest BCUT2D eigenvalue weighted by Crippen LogP contribution is -2.42. The van der Waals surface area contributed by atoms with Gasteiger partial charge in [-0.3, -0.25) is 4.68 Å². The van der Waals surface area contributed by atoms with Crippen molar-refractivity contribution < 1.29 is 4.74 Å². The van der Waals surface area contributed by atoms with Gasteiger partial charge in [0.25, 0.3) is 0 Å². The molecular weight excluding hydrogens is 330 g/mol. The summed E-state index contributed by atoms with van der Waals surface area (Å²) < 4.78 is 9.16. The molecule has 2 fully saturated rings. The summed E-state index contributed by atoms with van der Waals surface area (Å²) in [7, 11) is 2.06. The molecule has 2 atom stereocenters. The van der Waals surface area contributed by atoms with Gasteiger partial charge in [-0.2, -0.15) is 5.10 Å². The predicted octanol–water partition coefficient (Wildman–Crippen LogP) is 2.83. The minimum absolute atomic E-state index is 0.198. The van der Waals surface area contributed by atoms with E-state index in [1.165, 1.54) is 23.0 Å². The van der Waals surface area contributed by atoms with E-state index >= 15 is 0 Å². The number of hydrogen-bond acceptors (Lipinski definition) is 3. The molecule has 1 N–H and O–H groups in total. The molecule has 3 rings (SSSR count).